The molecule has 0 aliphatic heterocycles. The quantitative estimate of drug-likeness (QED) is 0.691. The van der Waals surface area contributed by atoms with Crippen LogP contribution < -0.4 is 0 Å². The van der Waals surface area contributed by atoms with Gasteiger partial charge >= 0.3 is 0 Å². The summed E-state index contributed by atoms with van der Waals surface area (Å²) in [5, 5.41) is 20.7. The van der Waals surface area contributed by atoms with Crippen molar-refractivity contribution in [2.75, 3.05) is 6.54 Å². The molecule has 2 aromatic rings. The molecule has 5 heteroatoms. The lowest BCUT2D eigenvalue weighted by Gasteiger charge is -2.15. The van der Waals surface area contributed by atoms with Crippen LogP contribution in [0.25, 0.3) is 0 Å². The standard InChI is InChI=1S/C14H12BrNO3/c15-11-7-5-10(6-8-11)13(9-16(18)19)12-3-1-2-4-14(12)17/h1-8,13,17H,9H2/t13-/m0/s1. The predicted molar refractivity (Wildman–Crippen MR) is 76.0 cm³/mol. The number of benzene rings is 2. The van der Waals surface area contributed by atoms with E-state index in [1.54, 1.807) is 24.3 Å². The van der Waals surface area contributed by atoms with E-state index < -0.39 is 5.92 Å². The molecule has 0 aromatic heterocycles. The number of halogens is 1. The Kier molecular flexibility index (Phi) is 4.16. The van der Waals surface area contributed by atoms with Crippen LogP contribution in [0.2, 0.25) is 0 Å². The number of para-hydroxylation sites is 1. The second-order valence-corrected chi connectivity index (χ2v) is 5.09. The molecule has 0 radical (unpaired) electrons. The van der Waals surface area contributed by atoms with E-state index in [1.807, 2.05) is 24.3 Å². The highest BCUT2D eigenvalue weighted by molar-refractivity contribution is 9.10. The largest absolute Gasteiger partial charge is 0.508 e. The van der Waals surface area contributed by atoms with E-state index in [0.29, 0.717) is 5.56 Å². The first-order chi connectivity index (χ1) is 9.08. The third kappa shape index (κ3) is 3.32. The Morgan fingerprint density at radius 2 is 1.79 bits per heavy atom. The Hall–Kier alpha value is -1.88. The highest BCUT2D eigenvalue weighted by atomic mass is 79.9. The van der Waals surface area contributed by atoms with Crippen molar-refractivity contribution < 1.29 is 10.0 Å². The highest BCUT2D eigenvalue weighted by Crippen LogP contribution is 2.31. The number of hydrogen-bond acceptors (Lipinski definition) is 3. The van der Waals surface area contributed by atoms with Gasteiger partial charge in [-0.15, -0.1) is 0 Å². The maximum Gasteiger partial charge on any atom is 0.214 e. The summed E-state index contributed by atoms with van der Waals surface area (Å²) in [5.74, 6) is -0.374. The van der Waals surface area contributed by atoms with Gasteiger partial charge in [-0.25, -0.2) is 0 Å². The summed E-state index contributed by atoms with van der Waals surface area (Å²) in [4.78, 5) is 10.5. The van der Waals surface area contributed by atoms with E-state index in [1.165, 1.54) is 0 Å². The van der Waals surface area contributed by atoms with Crippen molar-refractivity contribution in [3.63, 3.8) is 0 Å². The Morgan fingerprint density at radius 3 is 2.37 bits per heavy atom. The molecule has 0 heterocycles. The van der Waals surface area contributed by atoms with Gasteiger partial charge in [0, 0.05) is 15.0 Å². The summed E-state index contributed by atoms with van der Waals surface area (Å²) >= 11 is 3.33. The first kappa shape index (κ1) is 13.5. The van der Waals surface area contributed by atoms with Gasteiger partial charge in [-0.3, -0.25) is 10.1 Å². The number of phenols is 1. The molecule has 2 aromatic carbocycles. The number of hydrogen-bond donors (Lipinski definition) is 1. The summed E-state index contributed by atoms with van der Waals surface area (Å²) in [5.41, 5.74) is 1.38. The molecule has 0 aliphatic rings. The zero-order valence-corrected chi connectivity index (χ0v) is 11.6. The first-order valence-corrected chi connectivity index (χ1v) is 6.52. The van der Waals surface area contributed by atoms with Crippen molar-refractivity contribution in [3.8, 4) is 5.75 Å². The topological polar surface area (TPSA) is 63.4 Å². The van der Waals surface area contributed by atoms with Crippen molar-refractivity contribution >= 4 is 15.9 Å². The minimum atomic E-state index is -0.454. The van der Waals surface area contributed by atoms with E-state index in [9.17, 15) is 15.2 Å². The molecule has 0 bridgehead atoms. The molecule has 0 saturated carbocycles. The predicted octanol–water partition coefficient (Wildman–Crippen LogP) is 3.56. The Balaban J connectivity index is 2.44. The fourth-order valence-corrected chi connectivity index (χ4v) is 2.27. The Bertz CT molecular complexity index is 583. The number of nitro groups is 1. The molecular formula is C14H12BrNO3. The summed E-state index contributed by atoms with van der Waals surface area (Å²) < 4.78 is 0.911. The molecule has 0 fully saturated rings. The van der Waals surface area contributed by atoms with E-state index in [4.69, 9.17) is 0 Å². The van der Waals surface area contributed by atoms with Crippen molar-refractivity contribution in [1.29, 1.82) is 0 Å². The second-order valence-electron chi connectivity index (χ2n) is 4.18. The SMILES string of the molecule is O=[N+]([O-])C[C@@H](c1ccc(Br)cc1)c1ccccc1O. The minimum Gasteiger partial charge on any atom is -0.508 e. The lowest BCUT2D eigenvalue weighted by molar-refractivity contribution is -0.481. The van der Waals surface area contributed by atoms with E-state index in [0.717, 1.165) is 10.0 Å². The summed E-state index contributed by atoms with van der Waals surface area (Å²) in [6, 6.07) is 14.0. The number of nitrogens with zero attached hydrogens (tertiary/aromatic N) is 1. The van der Waals surface area contributed by atoms with Gasteiger partial charge in [0.2, 0.25) is 6.54 Å². The van der Waals surface area contributed by atoms with Crippen LogP contribution in [0, 0.1) is 10.1 Å². The fraction of sp³-hybridized carbons (Fsp3) is 0.143. The molecule has 0 unspecified atom stereocenters. The van der Waals surface area contributed by atoms with Gasteiger partial charge in [0.05, 0.1) is 5.92 Å². The minimum absolute atomic E-state index is 0.0808. The maximum absolute atomic E-state index is 10.8. The maximum atomic E-state index is 10.8. The van der Waals surface area contributed by atoms with E-state index in [-0.39, 0.29) is 17.2 Å². The summed E-state index contributed by atoms with van der Waals surface area (Å²) in [7, 11) is 0. The smallest absolute Gasteiger partial charge is 0.214 e. The molecule has 1 N–H and O–H groups in total. The van der Waals surface area contributed by atoms with Gasteiger partial charge in [0.25, 0.3) is 0 Å². The van der Waals surface area contributed by atoms with Gasteiger partial charge in [-0.2, -0.15) is 0 Å². The van der Waals surface area contributed by atoms with Crippen molar-refractivity contribution in [2.45, 2.75) is 5.92 Å². The molecule has 0 saturated heterocycles. The summed E-state index contributed by atoms with van der Waals surface area (Å²) in [6.07, 6.45) is 0. The van der Waals surface area contributed by atoms with Crippen LogP contribution in [-0.4, -0.2) is 16.6 Å². The molecule has 4 nitrogen and oxygen atoms in total. The normalized spacial score (nSPS) is 12.1. The molecule has 2 rings (SSSR count). The van der Waals surface area contributed by atoms with Crippen LogP contribution in [0.4, 0.5) is 0 Å². The molecule has 0 aliphatic carbocycles. The molecule has 1 atom stereocenters. The zero-order valence-electron chi connectivity index (χ0n) is 9.99. The van der Waals surface area contributed by atoms with Gasteiger partial charge in [0.15, 0.2) is 0 Å². The zero-order chi connectivity index (χ0) is 13.8. The average molecular weight is 322 g/mol. The highest BCUT2D eigenvalue weighted by Gasteiger charge is 2.22. The number of rotatable bonds is 4. The lowest BCUT2D eigenvalue weighted by Crippen LogP contribution is -2.14. The Morgan fingerprint density at radius 1 is 1.16 bits per heavy atom. The van der Waals surface area contributed by atoms with E-state index in [2.05, 4.69) is 15.9 Å². The monoisotopic (exact) mass is 321 g/mol. The van der Waals surface area contributed by atoms with Crippen molar-refractivity contribution in [1.82, 2.24) is 0 Å². The van der Waals surface area contributed by atoms with Crippen LogP contribution in [0.15, 0.2) is 53.0 Å². The third-order valence-corrected chi connectivity index (χ3v) is 3.44. The molecule has 0 amide bonds. The molecule has 98 valence electrons. The van der Waals surface area contributed by atoms with Gasteiger partial charge < -0.3 is 5.11 Å². The molecule has 0 spiro atoms. The fourth-order valence-electron chi connectivity index (χ4n) is 2.01. The third-order valence-electron chi connectivity index (χ3n) is 2.92. The number of aromatic hydroxyl groups is 1. The average Bonchev–Trinajstić information content (AvgIpc) is 2.38. The Labute approximate surface area is 119 Å². The van der Waals surface area contributed by atoms with Crippen molar-refractivity contribution in [2.24, 2.45) is 0 Å². The van der Waals surface area contributed by atoms with Gasteiger partial charge in [0.1, 0.15) is 5.75 Å². The second kappa shape index (κ2) is 5.84. The molecular weight excluding hydrogens is 310 g/mol. The van der Waals surface area contributed by atoms with Crippen LogP contribution >= 0.6 is 15.9 Å². The van der Waals surface area contributed by atoms with Crippen LogP contribution in [-0.2, 0) is 0 Å². The van der Waals surface area contributed by atoms with Crippen LogP contribution in [0.5, 0.6) is 5.75 Å². The van der Waals surface area contributed by atoms with Crippen LogP contribution in [0.3, 0.4) is 0 Å². The van der Waals surface area contributed by atoms with Gasteiger partial charge in [-0.1, -0.05) is 46.3 Å². The number of phenolic OH excluding ortho intramolecular Hbond substituents is 1. The van der Waals surface area contributed by atoms with Crippen molar-refractivity contribution in [3.05, 3.63) is 74.2 Å². The van der Waals surface area contributed by atoms with E-state index >= 15 is 0 Å². The van der Waals surface area contributed by atoms with Gasteiger partial charge in [-0.05, 0) is 23.8 Å². The lowest BCUT2D eigenvalue weighted by atomic mass is 9.91. The van der Waals surface area contributed by atoms with Crippen LogP contribution in [0.1, 0.15) is 17.0 Å². The first-order valence-electron chi connectivity index (χ1n) is 5.73. The molecule has 19 heavy (non-hydrogen) atoms. The summed E-state index contributed by atoms with van der Waals surface area (Å²) in [6.45, 7) is -0.251.